The van der Waals surface area contributed by atoms with Gasteiger partial charge >= 0.3 is 6.18 Å². The highest BCUT2D eigenvalue weighted by atomic mass is 79.9. The summed E-state index contributed by atoms with van der Waals surface area (Å²) >= 11 is 2.85. The zero-order valence-electron chi connectivity index (χ0n) is 14.8. The second-order valence-corrected chi connectivity index (χ2v) is 7.41. The number of piperidine rings is 1. The van der Waals surface area contributed by atoms with Gasteiger partial charge in [-0.05, 0) is 59.6 Å². The summed E-state index contributed by atoms with van der Waals surface area (Å²) in [7, 11) is 1.30. The van der Waals surface area contributed by atoms with Crippen molar-refractivity contribution >= 4 is 27.5 Å². The molecule has 2 heterocycles. The maximum atomic E-state index is 12.9. The van der Waals surface area contributed by atoms with Gasteiger partial charge in [0.2, 0.25) is 0 Å². The molecule has 0 spiro atoms. The predicted octanol–water partition coefficient (Wildman–Crippen LogP) is 4.44. The number of amides is 1. The highest BCUT2D eigenvalue weighted by molar-refractivity contribution is 9.10. The molecule has 1 aromatic heterocycles. The van der Waals surface area contributed by atoms with E-state index in [1.807, 2.05) is 12.1 Å². The van der Waals surface area contributed by atoms with E-state index in [0.29, 0.717) is 5.69 Å². The van der Waals surface area contributed by atoms with Crippen LogP contribution in [0.15, 0.2) is 28.7 Å². The minimum absolute atomic E-state index is 0.181. The Bertz CT molecular complexity index is 811. The molecule has 0 saturated carbocycles. The molecule has 1 N–H and O–H groups in total. The lowest BCUT2D eigenvalue weighted by atomic mass is 10.1. The van der Waals surface area contributed by atoms with Gasteiger partial charge in [0, 0.05) is 19.3 Å². The fourth-order valence-electron chi connectivity index (χ4n) is 3.19. The molecule has 1 fully saturated rings. The van der Waals surface area contributed by atoms with Crippen molar-refractivity contribution in [2.45, 2.75) is 32.0 Å². The Labute approximate surface area is 163 Å². The van der Waals surface area contributed by atoms with Crippen molar-refractivity contribution in [3.8, 4) is 0 Å². The van der Waals surface area contributed by atoms with Gasteiger partial charge in [-0.2, -0.15) is 18.3 Å². The number of anilines is 1. The number of hydrogen-bond donors (Lipinski definition) is 1. The Kier molecular flexibility index (Phi) is 5.90. The molecule has 1 amide bonds. The van der Waals surface area contributed by atoms with Crippen LogP contribution in [0, 0.1) is 0 Å². The van der Waals surface area contributed by atoms with E-state index in [2.05, 4.69) is 31.2 Å². The van der Waals surface area contributed by atoms with Crippen molar-refractivity contribution < 1.29 is 18.0 Å². The Morgan fingerprint density at radius 3 is 2.37 bits per heavy atom. The minimum Gasteiger partial charge on any atom is -0.321 e. The second kappa shape index (κ2) is 8.02. The van der Waals surface area contributed by atoms with Crippen LogP contribution in [-0.4, -0.2) is 33.7 Å². The average molecular weight is 445 g/mol. The van der Waals surface area contributed by atoms with E-state index < -0.39 is 17.8 Å². The number of likely N-dealkylation sites (tertiary alicyclic amines) is 1. The van der Waals surface area contributed by atoms with Crippen LogP contribution in [-0.2, 0) is 19.8 Å². The van der Waals surface area contributed by atoms with Crippen molar-refractivity contribution in [1.82, 2.24) is 14.7 Å². The Morgan fingerprint density at radius 1 is 1.19 bits per heavy atom. The largest absolute Gasteiger partial charge is 0.436 e. The number of aromatic nitrogens is 2. The Hall–Kier alpha value is -1.87. The van der Waals surface area contributed by atoms with Crippen LogP contribution in [0.5, 0.6) is 0 Å². The van der Waals surface area contributed by atoms with Crippen molar-refractivity contribution in [3.05, 3.63) is 45.7 Å². The number of rotatable bonds is 4. The maximum absolute atomic E-state index is 12.9. The summed E-state index contributed by atoms with van der Waals surface area (Å²) in [6.45, 7) is 3.04. The third-order valence-electron chi connectivity index (χ3n) is 4.54. The van der Waals surface area contributed by atoms with Gasteiger partial charge in [0.05, 0.1) is 4.47 Å². The second-order valence-electron chi connectivity index (χ2n) is 6.62. The van der Waals surface area contributed by atoms with Gasteiger partial charge in [-0.25, -0.2) is 0 Å². The van der Waals surface area contributed by atoms with Gasteiger partial charge in [0.1, 0.15) is 5.69 Å². The maximum Gasteiger partial charge on any atom is 0.436 e. The summed E-state index contributed by atoms with van der Waals surface area (Å²) in [6, 6.07) is 7.35. The zero-order valence-corrected chi connectivity index (χ0v) is 16.4. The van der Waals surface area contributed by atoms with Gasteiger partial charge in [-0.3, -0.25) is 14.4 Å². The molecule has 0 atom stereocenters. The van der Waals surface area contributed by atoms with Gasteiger partial charge in [0.15, 0.2) is 5.69 Å². The van der Waals surface area contributed by atoms with Gasteiger partial charge < -0.3 is 5.32 Å². The van der Waals surface area contributed by atoms with E-state index in [1.54, 1.807) is 12.1 Å². The molecular formula is C18H20BrF3N4O. The molecule has 1 aromatic carbocycles. The first kappa shape index (κ1) is 19.9. The van der Waals surface area contributed by atoms with Crippen LogP contribution in [0.3, 0.4) is 0 Å². The molecule has 146 valence electrons. The Balaban J connectivity index is 1.68. The van der Waals surface area contributed by atoms with Crippen molar-refractivity contribution in [3.63, 3.8) is 0 Å². The molecule has 3 rings (SSSR count). The van der Waals surface area contributed by atoms with Gasteiger partial charge in [0.25, 0.3) is 5.91 Å². The fourth-order valence-corrected chi connectivity index (χ4v) is 3.93. The number of aryl methyl sites for hydroxylation is 1. The molecule has 0 radical (unpaired) electrons. The molecule has 27 heavy (non-hydrogen) atoms. The van der Waals surface area contributed by atoms with E-state index in [9.17, 15) is 18.0 Å². The van der Waals surface area contributed by atoms with Crippen LogP contribution in [0.1, 0.15) is 41.0 Å². The first-order valence-corrected chi connectivity index (χ1v) is 9.47. The number of nitrogens with one attached hydrogen (secondary N) is 1. The topological polar surface area (TPSA) is 50.2 Å². The van der Waals surface area contributed by atoms with Crippen LogP contribution >= 0.6 is 15.9 Å². The molecule has 1 saturated heterocycles. The molecule has 0 unspecified atom stereocenters. The summed E-state index contributed by atoms with van der Waals surface area (Å²) in [5, 5.41) is 6.03. The lowest BCUT2D eigenvalue weighted by Gasteiger charge is -2.26. The number of benzene rings is 1. The Morgan fingerprint density at radius 2 is 1.81 bits per heavy atom. The number of halogens is 4. The molecule has 5 nitrogen and oxygen atoms in total. The number of hydrogen-bond acceptors (Lipinski definition) is 3. The van der Waals surface area contributed by atoms with E-state index in [4.69, 9.17) is 0 Å². The lowest BCUT2D eigenvalue weighted by molar-refractivity contribution is -0.142. The standard InChI is InChI=1S/C18H20BrF3N4O/c1-25-15(14(19)16(24-25)18(20,21)22)17(27)23-13-7-5-12(6-8-13)11-26-9-3-2-4-10-26/h5-8H,2-4,9-11H2,1H3,(H,23,27). The molecule has 1 aliphatic rings. The van der Waals surface area contributed by atoms with Crippen LogP contribution in [0.4, 0.5) is 18.9 Å². The third-order valence-corrected chi connectivity index (χ3v) is 5.29. The van der Waals surface area contributed by atoms with Gasteiger partial charge in [-0.15, -0.1) is 0 Å². The molecule has 1 aliphatic heterocycles. The lowest BCUT2D eigenvalue weighted by Crippen LogP contribution is -2.29. The number of carbonyl (C=O) groups is 1. The van der Waals surface area contributed by atoms with E-state index in [1.165, 1.54) is 26.3 Å². The van der Waals surface area contributed by atoms with Crippen LogP contribution in [0.2, 0.25) is 0 Å². The first-order valence-electron chi connectivity index (χ1n) is 8.68. The number of alkyl halides is 3. The van der Waals surface area contributed by atoms with E-state index in [0.717, 1.165) is 29.9 Å². The third kappa shape index (κ3) is 4.70. The summed E-state index contributed by atoms with van der Waals surface area (Å²) < 4.78 is 39.3. The van der Waals surface area contributed by atoms with Crippen molar-refractivity contribution in [1.29, 1.82) is 0 Å². The zero-order chi connectivity index (χ0) is 19.6. The number of carbonyl (C=O) groups excluding carboxylic acids is 1. The fraction of sp³-hybridized carbons (Fsp3) is 0.444. The quantitative estimate of drug-likeness (QED) is 0.758. The molecule has 0 bridgehead atoms. The van der Waals surface area contributed by atoms with Crippen molar-refractivity contribution in [2.24, 2.45) is 7.05 Å². The van der Waals surface area contributed by atoms with Crippen LogP contribution < -0.4 is 5.32 Å². The average Bonchev–Trinajstić information content (AvgIpc) is 2.92. The van der Waals surface area contributed by atoms with Crippen molar-refractivity contribution in [2.75, 3.05) is 18.4 Å². The summed E-state index contributed by atoms with van der Waals surface area (Å²) in [5.41, 5.74) is 0.353. The number of nitrogens with zero attached hydrogens (tertiary/aromatic N) is 3. The van der Waals surface area contributed by atoms with Crippen LogP contribution in [0.25, 0.3) is 0 Å². The van der Waals surface area contributed by atoms with E-state index in [-0.39, 0.29) is 10.2 Å². The molecule has 2 aromatic rings. The summed E-state index contributed by atoms with van der Waals surface area (Å²) in [5.74, 6) is -0.656. The smallest absolute Gasteiger partial charge is 0.321 e. The normalized spacial score (nSPS) is 15.7. The first-order chi connectivity index (χ1) is 12.8. The molecule has 0 aliphatic carbocycles. The van der Waals surface area contributed by atoms with E-state index >= 15 is 0 Å². The monoisotopic (exact) mass is 444 g/mol. The SMILES string of the molecule is Cn1nc(C(F)(F)F)c(Br)c1C(=O)Nc1ccc(CN2CCCCC2)cc1. The predicted molar refractivity (Wildman–Crippen MR) is 99.4 cm³/mol. The summed E-state index contributed by atoms with van der Waals surface area (Å²) in [4.78, 5) is 14.8. The van der Waals surface area contributed by atoms with Gasteiger partial charge in [-0.1, -0.05) is 18.6 Å². The minimum atomic E-state index is -4.63. The highest BCUT2D eigenvalue weighted by Crippen LogP contribution is 2.35. The highest BCUT2D eigenvalue weighted by Gasteiger charge is 2.39. The molecule has 9 heteroatoms. The summed E-state index contributed by atoms with van der Waals surface area (Å²) in [6.07, 6.45) is -0.923. The molecular weight excluding hydrogens is 425 g/mol.